The molecule has 162 valence electrons. The van der Waals surface area contributed by atoms with Gasteiger partial charge in [-0.05, 0) is 63.0 Å². The number of aromatic nitrogens is 1. The smallest absolute Gasteiger partial charge is 0.252 e. The van der Waals surface area contributed by atoms with Crippen LogP contribution in [0.25, 0.3) is 0 Å². The topological polar surface area (TPSA) is 74.2 Å². The van der Waals surface area contributed by atoms with E-state index < -0.39 is 0 Å². The van der Waals surface area contributed by atoms with Crippen molar-refractivity contribution in [3.63, 3.8) is 0 Å². The number of hydrogen-bond donors (Lipinski definition) is 3. The van der Waals surface area contributed by atoms with Crippen LogP contribution in [0.1, 0.15) is 74.3 Å². The number of amides is 1. The minimum absolute atomic E-state index is 0. The number of aliphatic hydroxyl groups is 1. The summed E-state index contributed by atoms with van der Waals surface area (Å²) in [4.78, 5) is 17.2. The summed E-state index contributed by atoms with van der Waals surface area (Å²) in [5, 5.41) is 16.1. The number of pyridine rings is 1. The van der Waals surface area contributed by atoms with Gasteiger partial charge in [-0.1, -0.05) is 44.7 Å². The van der Waals surface area contributed by atoms with Crippen LogP contribution < -0.4 is 10.6 Å². The summed E-state index contributed by atoms with van der Waals surface area (Å²) < 4.78 is 0. The van der Waals surface area contributed by atoms with Gasteiger partial charge < -0.3 is 15.7 Å². The molecule has 2 aliphatic carbocycles. The van der Waals surface area contributed by atoms with Crippen molar-refractivity contribution in [1.29, 1.82) is 0 Å². The normalized spacial score (nSPS) is 24.4. The molecule has 0 saturated heterocycles. The molecular weight excluding hydrogens is 386 g/mol. The third-order valence-corrected chi connectivity index (χ3v) is 6.67. The molecule has 1 atom stereocenters. The predicted molar refractivity (Wildman–Crippen MR) is 118 cm³/mol. The highest BCUT2D eigenvalue weighted by atomic mass is 35.5. The summed E-state index contributed by atoms with van der Waals surface area (Å²) in [6.45, 7) is 3.92. The van der Waals surface area contributed by atoms with Gasteiger partial charge in [0.25, 0.3) is 5.91 Å². The van der Waals surface area contributed by atoms with E-state index in [2.05, 4.69) is 15.6 Å². The second kappa shape index (κ2) is 11.3. The molecule has 2 radical (unpaired) electrons. The first-order valence-electron chi connectivity index (χ1n) is 10.8. The Kier molecular flexibility index (Phi) is 9.38. The van der Waals surface area contributed by atoms with E-state index in [0.717, 1.165) is 37.5 Å². The van der Waals surface area contributed by atoms with Crippen LogP contribution in [0, 0.1) is 18.8 Å². The highest BCUT2D eigenvalue weighted by Gasteiger charge is 2.39. The zero-order chi connectivity index (χ0) is 20.0. The molecule has 2 saturated carbocycles. The molecule has 1 aromatic rings. The lowest BCUT2D eigenvalue weighted by Crippen LogP contribution is -2.43. The molecule has 6 heteroatoms. The van der Waals surface area contributed by atoms with Gasteiger partial charge in [0.15, 0.2) is 0 Å². The first-order chi connectivity index (χ1) is 13.5. The van der Waals surface area contributed by atoms with Crippen LogP contribution in [0.3, 0.4) is 0 Å². The van der Waals surface area contributed by atoms with Crippen LogP contribution in [0.4, 0.5) is 0 Å². The van der Waals surface area contributed by atoms with Gasteiger partial charge in [-0.3, -0.25) is 9.78 Å². The first-order valence-corrected chi connectivity index (χ1v) is 11.2. The number of fused-ring (bicyclic) bond motifs is 2. The quantitative estimate of drug-likeness (QED) is 0.526. The summed E-state index contributed by atoms with van der Waals surface area (Å²) in [6.07, 6.45) is 12.0. The van der Waals surface area contributed by atoms with Crippen LogP contribution in [-0.4, -0.2) is 41.7 Å². The van der Waals surface area contributed by atoms with Crippen molar-refractivity contribution in [2.75, 3.05) is 19.6 Å². The largest absolute Gasteiger partial charge is 0.392 e. The molecular formula is C23H36ClN3O2. The van der Waals surface area contributed by atoms with E-state index in [4.69, 9.17) is 11.6 Å². The molecule has 1 unspecified atom stereocenters. The molecule has 2 aliphatic rings. The monoisotopic (exact) mass is 421 g/mol. The molecule has 5 nitrogen and oxygen atoms in total. The van der Waals surface area contributed by atoms with Crippen LogP contribution in [-0.2, 0) is 6.42 Å². The number of hydrogen-bond acceptors (Lipinski definition) is 4. The van der Waals surface area contributed by atoms with E-state index >= 15 is 0 Å². The van der Waals surface area contributed by atoms with Crippen molar-refractivity contribution in [1.82, 2.24) is 15.6 Å². The average molecular weight is 422 g/mol. The van der Waals surface area contributed by atoms with Gasteiger partial charge in [0.2, 0.25) is 0 Å². The molecule has 1 heterocycles. The lowest BCUT2D eigenvalue weighted by molar-refractivity contribution is 0.0681. The Morgan fingerprint density at radius 2 is 2.10 bits per heavy atom. The number of carbonyl (C=O) groups is 1. The van der Waals surface area contributed by atoms with Crippen molar-refractivity contribution in [3.05, 3.63) is 36.0 Å². The third kappa shape index (κ3) is 6.94. The van der Waals surface area contributed by atoms with Crippen LogP contribution >= 0.6 is 11.6 Å². The maximum atomic E-state index is 12.8. The first kappa shape index (κ1) is 24.1. The fourth-order valence-electron chi connectivity index (χ4n) is 4.93. The maximum absolute atomic E-state index is 12.8. The minimum Gasteiger partial charge on any atom is -0.392 e. The summed E-state index contributed by atoms with van der Waals surface area (Å²) in [5.41, 5.74) is 1.71. The molecule has 29 heavy (non-hydrogen) atoms. The molecule has 2 bridgehead atoms. The number of carbonyl (C=O) groups excluding carboxylic acids is 1. The highest BCUT2D eigenvalue weighted by molar-refractivity contribution is 6.33. The van der Waals surface area contributed by atoms with Crippen molar-refractivity contribution >= 4 is 17.5 Å². The van der Waals surface area contributed by atoms with Crippen molar-refractivity contribution in [2.45, 2.75) is 70.8 Å². The molecule has 2 fully saturated rings. The van der Waals surface area contributed by atoms with Crippen molar-refractivity contribution in [2.24, 2.45) is 11.3 Å². The van der Waals surface area contributed by atoms with E-state index in [1.54, 1.807) is 13.1 Å². The van der Waals surface area contributed by atoms with E-state index in [9.17, 15) is 9.90 Å². The molecule has 1 aromatic heterocycles. The van der Waals surface area contributed by atoms with Gasteiger partial charge in [-0.25, -0.2) is 0 Å². The Morgan fingerprint density at radius 3 is 2.79 bits per heavy atom. The number of halogens is 1. The van der Waals surface area contributed by atoms with Gasteiger partial charge in [0.1, 0.15) is 0 Å². The van der Waals surface area contributed by atoms with Crippen LogP contribution in [0.15, 0.2) is 12.3 Å². The Bertz CT molecular complexity index is 656. The molecule has 1 amide bonds. The molecule has 3 N–H and O–H groups in total. The summed E-state index contributed by atoms with van der Waals surface area (Å²) in [7, 11) is 0. The Labute approximate surface area is 181 Å². The second-order valence-electron chi connectivity index (χ2n) is 8.85. The van der Waals surface area contributed by atoms with Crippen LogP contribution in [0.5, 0.6) is 0 Å². The third-order valence-electron chi connectivity index (χ3n) is 6.37. The Hall–Kier alpha value is -1.17. The fraction of sp³-hybridized carbons (Fsp3) is 0.696. The van der Waals surface area contributed by atoms with Gasteiger partial charge in [-0.15, -0.1) is 0 Å². The van der Waals surface area contributed by atoms with Gasteiger partial charge in [-0.2, -0.15) is 0 Å². The fourth-order valence-corrected chi connectivity index (χ4v) is 5.12. The predicted octanol–water partition coefficient (Wildman–Crippen LogP) is 4.06. The van der Waals surface area contributed by atoms with E-state index in [0.29, 0.717) is 22.5 Å². The average Bonchev–Trinajstić information content (AvgIpc) is 2.67. The molecule has 0 spiro atoms. The zero-order valence-corrected chi connectivity index (χ0v) is 18.4. The van der Waals surface area contributed by atoms with Gasteiger partial charge >= 0.3 is 0 Å². The second-order valence-corrected chi connectivity index (χ2v) is 9.26. The van der Waals surface area contributed by atoms with Gasteiger partial charge in [0.05, 0.1) is 16.7 Å². The Morgan fingerprint density at radius 1 is 1.38 bits per heavy atom. The van der Waals surface area contributed by atoms with Crippen molar-refractivity contribution < 1.29 is 9.90 Å². The minimum atomic E-state index is -0.341. The van der Waals surface area contributed by atoms with Crippen molar-refractivity contribution in [3.8, 4) is 0 Å². The van der Waals surface area contributed by atoms with E-state index in [1.165, 1.54) is 44.9 Å². The zero-order valence-electron chi connectivity index (χ0n) is 17.7. The standard InChI is InChI=1S/C22H34ClN3O2.CH2/c1-16(27)13-24-10-4-7-18-11-19(20(23)14-25-18)21(28)26-15-22-8-2-5-17(12-22)6-3-9-22;/h11,14,16-17,24,27H,2-10,12-13,15H2,1H3,(H,26,28);1H2. The summed E-state index contributed by atoms with van der Waals surface area (Å²) in [6, 6.07) is 1.83. The van der Waals surface area contributed by atoms with Gasteiger partial charge in [0, 0.05) is 25.0 Å². The number of nitrogens with one attached hydrogen (secondary N) is 2. The number of aryl methyl sites for hydroxylation is 1. The maximum Gasteiger partial charge on any atom is 0.252 e. The number of aliphatic hydroxyl groups excluding tert-OH is 1. The SMILES string of the molecule is CC(O)CNCCCc1cc(C(=O)NCC23CCCC(CCC2)C3)c(Cl)cn1.[CH2]. The highest BCUT2D eigenvalue weighted by Crippen LogP contribution is 2.48. The summed E-state index contributed by atoms with van der Waals surface area (Å²) >= 11 is 6.27. The molecule has 0 aliphatic heterocycles. The lowest BCUT2D eigenvalue weighted by atomic mass is 9.62. The number of rotatable bonds is 9. The van der Waals surface area contributed by atoms with Crippen LogP contribution in [0.2, 0.25) is 5.02 Å². The molecule has 0 aromatic carbocycles. The number of nitrogens with zero attached hydrogens (tertiary/aromatic N) is 1. The Balaban J connectivity index is 0.00000300. The lowest BCUT2D eigenvalue weighted by Gasteiger charge is -2.45. The van der Waals surface area contributed by atoms with E-state index in [-0.39, 0.29) is 19.4 Å². The summed E-state index contributed by atoms with van der Waals surface area (Å²) in [5.74, 6) is 0.779. The molecule has 3 rings (SSSR count). The van der Waals surface area contributed by atoms with E-state index in [1.807, 2.05) is 6.07 Å².